The van der Waals surface area contributed by atoms with Crippen molar-refractivity contribution in [2.45, 2.75) is 33.6 Å². The Balaban J connectivity index is 3.61. The van der Waals surface area contributed by atoms with E-state index in [9.17, 15) is 9.59 Å². The van der Waals surface area contributed by atoms with Crippen molar-refractivity contribution in [3.63, 3.8) is 0 Å². The maximum Gasteiger partial charge on any atom is 0.233 e. The standard InChI is InChI=1S/C12H25N3O2/c1-4-8-13-10-11(16)14-9-7-12(17)15(5-2)6-3/h13H,4-10H2,1-3H3,(H,14,16). The van der Waals surface area contributed by atoms with E-state index in [-0.39, 0.29) is 11.8 Å². The van der Waals surface area contributed by atoms with Gasteiger partial charge in [0.1, 0.15) is 0 Å². The summed E-state index contributed by atoms with van der Waals surface area (Å²) >= 11 is 0. The molecule has 5 heteroatoms. The van der Waals surface area contributed by atoms with E-state index < -0.39 is 0 Å². The lowest BCUT2D eigenvalue weighted by Crippen LogP contribution is -2.37. The van der Waals surface area contributed by atoms with Gasteiger partial charge in [0, 0.05) is 26.1 Å². The summed E-state index contributed by atoms with van der Waals surface area (Å²) in [6.45, 7) is 8.99. The molecule has 0 aromatic heterocycles. The SMILES string of the molecule is CCCNCC(=O)NCCC(=O)N(CC)CC. The minimum atomic E-state index is -0.0502. The number of amides is 2. The van der Waals surface area contributed by atoms with Crippen LogP contribution in [0.25, 0.3) is 0 Å². The van der Waals surface area contributed by atoms with Crippen molar-refractivity contribution in [3.8, 4) is 0 Å². The maximum absolute atomic E-state index is 11.6. The Kier molecular flexibility index (Phi) is 9.43. The molecule has 0 unspecified atom stereocenters. The molecule has 0 aromatic carbocycles. The van der Waals surface area contributed by atoms with Crippen LogP contribution in [0.2, 0.25) is 0 Å². The van der Waals surface area contributed by atoms with E-state index in [4.69, 9.17) is 0 Å². The zero-order valence-electron chi connectivity index (χ0n) is 11.2. The second-order valence-corrected chi connectivity index (χ2v) is 3.84. The third kappa shape index (κ3) is 7.74. The Morgan fingerprint density at radius 3 is 2.24 bits per heavy atom. The van der Waals surface area contributed by atoms with E-state index >= 15 is 0 Å². The number of carbonyl (C=O) groups excluding carboxylic acids is 2. The smallest absolute Gasteiger partial charge is 0.233 e. The summed E-state index contributed by atoms with van der Waals surface area (Å²) in [5.74, 6) is 0.0441. The van der Waals surface area contributed by atoms with Crippen LogP contribution in [-0.2, 0) is 9.59 Å². The molecule has 0 aromatic rings. The van der Waals surface area contributed by atoms with E-state index in [0.29, 0.717) is 19.5 Å². The van der Waals surface area contributed by atoms with Crippen molar-refractivity contribution >= 4 is 11.8 Å². The van der Waals surface area contributed by atoms with Crippen LogP contribution in [0.1, 0.15) is 33.6 Å². The van der Waals surface area contributed by atoms with E-state index in [2.05, 4.69) is 10.6 Å². The normalized spacial score (nSPS) is 10.1. The molecule has 0 aliphatic carbocycles. The minimum absolute atomic E-state index is 0.0502. The number of nitrogens with one attached hydrogen (secondary N) is 2. The molecule has 0 saturated carbocycles. The van der Waals surface area contributed by atoms with Gasteiger partial charge in [-0.1, -0.05) is 6.92 Å². The molecule has 0 rings (SSSR count). The summed E-state index contributed by atoms with van der Waals surface area (Å²) in [5, 5.41) is 5.74. The molecule has 0 saturated heterocycles. The monoisotopic (exact) mass is 243 g/mol. The van der Waals surface area contributed by atoms with Crippen molar-refractivity contribution in [1.82, 2.24) is 15.5 Å². The number of rotatable bonds is 9. The predicted molar refractivity (Wildman–Crippen MR) is 68.7 cm³/mol. The van der Waals surface area contributed by atoms with E-state index in [0.717, 1.165) is 26.1 Å². The predicted octanol–water partition coefficient (Wildman–Crippen LogP) is 0.361. The third-order valence-corrected chi connectivity index (χ3v) is 2.49. The first-order chi connectivity index (χ1) is 8.15. The number of carbonyl (C=O) groups is 2. The molecule has 100 valence electrons. The largest absolute Gasteiger partial charge is 0.354 e. The Bertz CT molecular complexity index is 228. The lowest BCUT2D eigenvalue weighted by Gasteiger charge is -2.18. The van der Waals surface area contributed by atoms with Gasteiger partial charge in [0.15, 0.2) is 0 Å². The second kappa shape index (κ2) is 10.1. The van der Waals surface area contributed by atoms with Crippen LogP contribution >= 0.6 is 0 Å². The van der Waals surface area contributed by atoms with Crippen LogP contribution in [0.5, 0.6) is 0 Å². The fraction of sp³-hybridized carbons (Fsp3) is 0.833. The van der Waals surface area contributed by atoms with Crippen LogP contribution in [0.4, 0.5) is 0 Å². The van der Waals surface area contributed by atoms with Gasteiger partial charge in [0.05, 0.1) is 6.54 Å². The zero-order valence-corrected chi connectivity index (χ0v) is 11.2. The van der Waals surface area contributed by atoms with Crippen molar-refractivity contribution in [2.75, 3.05) is 32.7 Å². The van der Waals surface area contributed by atoms with E-state index in [1.165, 1.54) is 0 Å². The first-order valence-electron chi connectivity index (χ1n) is 6.40. The molecule has 0 aliphatic rings. The van der Waals surface area contributed by atoms with Crippen molar-refractivity contribution in [1.29, 1.82) is 0 Å². The minimum Gasteiger partial charge on any atom is -0.354 e. The highest BCUT2D eigenvalue weighted by Crippen LogP contribution is 1.92. The molecule has 0 spiro atoms. The summed E-state index contributed by atoms with van der Waals surface area (Å²) in [5.41, 5.74) is 0. The molecule has 2 N–H and O–H groups in total. The van der Waals surface area contributed by atoms with Gasteiger partial charge in [-0.05, 0) is 26.8 Å². The lowest BCUT2D eigenvalue weighted by atomic mass is 10.3. The molecule has 0 fully saturated rings. The third-order valence-electron chi connectivity index (χ3n) is 2.49. The van der Waals surface area contributed by atoms with Crippen molar-refractivity contribution in [2.24, 2.45) is 0 Å². The highest BCUT2D eigenvalue weighted by atomic mass is 16.2. The highest BCUT2D eigenvalue weighted by Gasteiger charge is 2.09. The molecule has 0 radical (unpaired) electrons. The Morgan fingerprint density at radius 1 is 1.06 bits per heavy atom. The van der Waals surface area contributed by atoms with Crippen LogP contribution in [0.15, 0.2) is 0 Å². The van der Waals surface area contributed by atoms with Crippen LogP contribution in [0.3, 0.4) is 0 Å². The second-order valence-electron chi connectivity index (χ2n) is 3.84. The summed E-state index contributed by atoms with van der Waals surface area (Å²) in [6, 6.07) is 0. The molecule has 0 heterocycles. The molecule has 2 amide bonds. The van der Waals surface area contributed by atoms with Gasteiger partial charge >= 0.3 is 0 Å². The topological polar surface area (TPSA) is 61.4 Å². The molecular weight excluding hydrogens is 218 g/mol. The fourth-order valence-electron chi connectivity index (χ4n) is 1.48. The Morgan fingerprint density at radius 2 is 1.71 bits per heavy atom. The Labute approximate surface area is 104 Å². The average molecular weight is 243 g/mol. The number of hydrogen-bond donors (Lipinski definition) is 2. The van der Waals surface area contributed by atoms with Gasteiger partial charge in [-0.2, -0.15) is 0 Å². The average Bonchev–Trinajstić information content (AvgIpc) is 2.31. The van der Waals surface area contributed by atoms with Crippen LogP contribution < -0.4 is 10.6 Å². The van der Waals surface area contributed by atoms with E-state index in [1.54, 1.807) is 4.90 Å². The van der Waals surface area contributed by atoms with Crippen molar-refractivity contribution < 1.29 is 9.59 Å². The Hall–Kier alpha value is -1.10. The lowest BCUT2D eigenvalue weighted by molar-refractivity contribution is -0.130. The molecule has 17 heavy (non-hydrogen) atoms. The van der Waals surface area contributed by atoms with Gasteiger partial charge in [-0.15, -0.1) is 0 Å². The van der Waals surface area contributed by atoms with Gasteiger partial charge < -0.3 is 15.5 Å². The zero-order chi connectivity index (χ0) is 13.1. The summed E-state index contributed by atoms with van der Waals surface area (Å²) in [6.07, 6.45) is 1.38. The molecule has 5 nitrogen and oxygen atoms in total. The van der Waals surface area contributed by atoms with Crippen LogP contribution in [-0.4, -0.2) is 49.4 Å². The van der Waals surface area contributed by atoms with Gasteiger partial charge in [0.25, 0.3) is 0 Å². The fourth-order valence-corrected chi connectivity index (χ4v) is 1.48. The molecule has 0 bridgehead atoms. The molecular formula is C12H25N3O2. The van der Waals surface area contributed by atoms with Crippen molar-refractivity contribution in [3.05, 3.63) is 0 Å². The van der Waals surface area contributed by atoms with Gasteiger partial charge in [0.2, 0.25) is 11.8 Å². The molecule has 0 aliphatic heterocycles. The summed E-state index contributed by atoms with van der Waals surface area (Å²) in [7, 11) is 0. The number of hydrogen-bond acceptors (Lipinski definition) is 3. The molecule has 0 atom stereocenters. The summed E-state index contributed by atoms with van der Waals surface area (Å²) < 4.78 is 0. The summed E-state index contributed by atoms with van der Waals surface area (Å²) in [4.78, 5) is 24.7. The highest BCUT2D eigenvalue weighted by molar-refractivity contribution is 5.80. The van der Waals surface area contributed by atoms with Gasteiger partial charge in [-0.25, -0.2) is 0 Å². The number of nitrogens with zero attached hydrogens (tertiary/aromatic N) is 1. The van der Waals surface area contributed by atoms with Gasteiger partial charge in [-0.3, -0.25) is 9.59 Å². The quantitative estimate of drug-likeness (QED) is 0.575. The maximum atomic E-state index is 11.6. The van der Waals surface area contributed by atoms with E-state index in [1.807, 2.05) is 20.8 Å². The first-order valence-corrected chi connectivity index (χ1v) is 6.40. The first kappa shape index (κ1) is 15.9. The van der Waals surface area contributed by atoms with Crippen LogP contribution in [0, 0.1) is 0 Å².